The highest BCUT2D eigenvalue weighted by molar-refractivity contribution is 7.71. The van der Waals surface area contributed by atoms with E-state index in [-0.39, 0.29) is 10.2 Å². The van der Waals surface area contributed by atoms with Crippen molar-refractivity contribution >= 4 is 90.6 Å². The minimum absolute atomic E-state index is 0.0404. The van der Waals surface area contributed by atoms with Gasteiger partial charge in [-0.3, -0.25) is 0 Å². The Bertz CT molecular complexity index is 2540. The molecular formula is C33H22ClF2N7O2S2. The molecule has 0 bridgehead atoms. The van der Waals surface area contributed by atoms with Crippen LogP contribution in [0.15, 0.2) is 84.5 Å². The van der Waals surface area contributed by atoms with Gasteiger partial charge in [0.05, 0.1) is 23.1 Å². The highest BCUT2D eigenvalue weighted by Crippen LogP contribution is 2.42. The zero-order valence-electron chi connectivity index (χ0n) is 24.0. The van der Waals surface area contributed by atoms with Gasteiger partial charge in [-0.1, -0.05) is 66.3 Å². The van der Waals surface area contributed by atoms with Crippen molar-refractivity contribution in [1.29, 1.82) is 0 Å². The van der Waals surface area contributed by atoms with Crippen LogP contribution in [0.3, 0.4) is 0 Å². The topological polar surface area (TPSA) is 138 Å². The van der Waals surface area contributed by atoms with Crippen LogP contribution in [0.4, 0.5) is 14.6 Å². The molecule has 0 saturated heterocycles. The Kier molecular flexibility index (Phi) is 7.88. The zero-order chi connectivity index (χ0) is 32.8. The number of aromatic nitrogens is 6. The first-order chi connectivity index (χ1) is 22.7. The van der Waals surface area contributed by atoms with Crippen LogP contribution >= 0.6 is 35.2 Å². The minimum Gasteiger partial charge on any atom is -0.478 e. The van der Waals surface area contributed by atoms with Crippen LogP contribution in [-0.2, 0) is 6.54 Å². The SMILES string of the molecule is Nc1[nH]c2ccccc2c1-c1cn(CC(F)F)c2ccc3cc4ccccc4nc3c12.O=C(O)c1cnc(-c2nc(Cl)cs2)[nH]c1=S. The van der Waals surface area contributed by atoms with Crippen LogP contribution in [0.25, 0.3) is 65.6 Å². The molecule has 0 unspecified atom stereocenters. The Morgan fingerprint density at radius 2 is 1.85 bits per heavy atom. The van der Waals surface area contributed by atoms with E-state index in [2.05, 4.69) is 26.0 Å². The van der Waals surface area contributed by atoms with Gasteiger partial charge >= 0.3 is 5.97 Å². The highest BCUT2D eigenvalue weighted by Gasteiger charge is 2.21. The van der Waals surface area contributed by atoms with Gasteiger partial charge in [-0.15, -0.1) is 11.3 Å². The number of para-hydroxylation sites is 2. The predicted molar refractivity (Wildman–Crippen MR) is 185 cm³/mol. The number of rotatable bonds is 5. The zero-order valence-corrected chi connectivity index (χ0v) is 26.4. The smallest absolute Gasteiger partial charge is 0.340 e. The predicted octanol–water partition coefficient (Wildman–Crippen LogP) is 8.95. The summed E-state index contributed by atoms with van der Waals surface area (Å²) in [4.78, 5) is 29.5. The Labute approximate surface area is 278 Å². The van der Waals surface area contributed by atoms with Crippen molar-refractivity contribution in [2.45, 2.75) is 13.0 Å². The molecule has 8 aromatic rings. The third kappa shape index (κ3) is 5.69. The van der Waals surface area contributed by atoms with Gasteiger partial charge in [0.1, 0.15) is 21.2 Å². The molecule has 0 amide bonds. The molecule has 9 nitrogen and oxygen atoms in total. The number of halogens is 3. The summed E-state index contributed by atoms with van der Waals surface area (Å²) in [6, 6.07) is 21.7. The largest absolute Gasteiger partial charge is 0.478 e. The third-order valence-electron chi connectivity index (χ3n) is 7.58. The second-order valence-electron chi connectivity index (χ2n) is 10.5. The van der Waals surface area contributed by atoms with Crippen molar-refractivity contribution in [3.63, 3.8) is 0 Å². The fraction of sp³-hybridized carbons (Fsp3) is 0.0606. The Morgan fingerprint density at radius 3 is 2.60 bits per heavy atom. The number of hydrogen-bond donors (Lipinski definition) is 4. The number of alkyl halides is 2. The van der Waals surface area contributed by atoms with Crippen molar-refractivity contribution in [2.24, 2.45) is 0 Å². The van der Waals surface area contributed by atoms with Gasteiger partial charge in [0.15, 0.2) is 10.8 Å². The van der Waals surface area contributed by atoms with Crippen LogP contribution < -0.4 is 5.73 Å². The fourth-order valence-electron chi connectivity index (χ4n) is 5.59. The molecule has 3 aromatic carbocycles. The number of carbonyl (C=O) groups is 1. The first-order valence-electron chi connectivity index (χ1n) is 14.1. The van der Waals surface area contributed by atoms with E-state index in [9.17, 15) is 13.6 Å². The minimum atomic E-state index is -2.47. The number of nitrogens with zero attached hydrogens (tertiary/aromatic N) is 4. The number of anilines is 1. The number of nitrogens with two attached hydrogens (primary N) is 1. The molecule has 0 fully saturated rings. The second kappa shape index (κ2) is 12.2. The van der Waals surface area contributed by atoms with Gasteiger partial charge in [-0.2, -0.15) is 0 Å². The number of nitrogen functional groups attached to an aromatic ring is 1. The van der Waals surface area contributed by atoms with Crippen LogP contribution in [0.5, 0.6) is 0 Å². The fourth-order valence-corrected chi connectivity index (χ4v) is 6.72. The molecule has 5 N–H and O–H groups in total. The maximum atomic E-state index is 13.4. The first-order valence-corrected chi connectivity index (χ1v) is 15.7. The lowest BCUT2D eigenvalue weighted by Crippen LogP contribution is -2.04. The summed E-state index contributed by atoms with van der Waals surface area (Å²) < 4.78 is 28.5. The van der Waals surface area contributed by atoms with Crippen LogP contribution in [0, 0.1) is 4.64 Å². The maximum absolute atomic E-state index is 13.4. The van der Waals surface area contributed by atoms with Gasteiger partial charge in [-0.25, -0.2) is 28.5 Å². The van der Waals surface area contributed by atoms with E-state index < -0.39 is 18.9 Å². The van der Waals surface area contributed by atoms with Crippen molar-refractivity contribution in [3.8, 4) is 22.0 Å². The molecule has 0 aliphatic rings. The van der Waals surface area contributed by atoms with Crippen LogP contribution in [0.2, 0.25) is 5.15 Å². The number of H-pyrrole nitrogens is 2. The molecule has 234 valence electrons. The summed E-state index contributed by atoms with van der Waals surface area (Å²) in [5.74, 6) is -0.195. The van der Waals surface area contributed by atoms with Gasteiger partial charge in [0.25, 0.3) is 6.43 Å². The summed E-state index contributed by atoms with van der Waals surface area (Å²) in [5.41, 5.74) is 11.2. The molecule has 0 radical (unpaired) electrons. The standard InChI is InChI=1S/C25H18F2N4.C8H4ClN3O2S2/c26-21(27)13-31-12-17(22-16-6-2-4-8-19(16)30-25(22)28)23-20(31)10-9-15-11-14-5-1-3-7-18(14)29-24(15)23;9-4-2-16-7(11-4)5-10-1-3(8(13)14)6(15)12-5/h1-12,21,30H,13,28H2;1-2H,(H,13,14)(H,10,12,15). The molecule has 0 spiro atoms. The summed E-state index contributed by atoms with van der Waals surface area (Å²) in [6.07, 6.45) is 0.509. The van der Waals surface area contributed by atoms with E-state index in [4.69, 9.17) is 39.6 Å². The monoisotopic (exact) mass is 685 g/mol. The van der Waals surface area contributed by atoms with E-state index in [0.717, 1.165) is 54.7 Å². The molecule has 5 heterocycles. The molecule has 0 atom stereocenters. The Hall–Kier alpha value is -5.24. The molecule has 8 rings (SSSR count). The van der Waals surface area contributed by atoms with E-state index >= 15 is 0 Å². The summed E-state index contributed by atoms with van der Waals surface area (Å²) >= 11 is 11.9. The number of carboxylic acids is 1. The molecule has 0 saturated carbocycles. The number of carboxylic acid groups (broad SMARTS) is 1. The van der Waals surface area contributed by atoms with Crippen molar-refractivity contribution in [1.82, 2.24) is 29.5 Å². The number of pyridine rings is 1. The lowest BCUT2D eigenvalue weighted by Gasteiger charge is -2.07. The lowest BCUT2D eigenvalue weighted by molar-refractivity contribution is 0.0695. The Balaban J connectivity index is 0.000000185. The van der Waals surface area contributed by atoms with Crippen LogP contribution in [0.1, 0.15) is 10.4 Å². The van der Waals surface area contributed by atoms with E-state index in [1.165, 1.54) is 17.5 Å². The number of thiazole rings is 1. The van der Waals surface area contributed by atoms with Gasteiger partial charge in [0, 0.05) is 56.0 Å². The first kappa shape index (κ1) is 30.4. The molecule has 47 heavy (non-hydrogen) atoms. The van der Waals surface area contributed by atoms with E-state index in [1.54, 1.807) is 16.1 Å². The average Bonchev–Trinajstić information content (AvgIpc) is 3.74. The normalized spacial score (nSPS) is 11.5. The molecule has 0 aliphatic carbocycles. The van der Waals surface area contributed by atoms with Gasteiger partial charge in [0.2, 0.25) is 0 Å². The van der Waals surface area contributed by atoms with Gasteiger partial charge in [-0.05, 0) is 24.3 Å². The number of hydrogen-bond acceptors (Lipinski definition) is 7. The average molecular weight is 686 g/mol. The maximum Gasteiger partial charge on any atom is 0.340 e. The molecule has 0 aliphatic heterocycles. The van der Waals surface area contributed by atoms with Gasteiger partial charge < -0.3 is 25.4 Å². The highest BCUT2D eigenvalue weighted by atomic mass is 35.5. The summed E-state index contributed by atoms with van der Waals surface area (Å²) in [5, 5.41) is 15.1. The number of benzene rings is 3. The van der Waals surface area contributed by atoms with Crippen molar-refractivity contribution < 1.29 is 18.7 Å². The van der Waals surface area contributed by atoms with Crippen molar-refractivity contribution in [3.05, 3.63) is 99.9 Å². The van der Waals surface area contributed by atoms with Crippen molar-refractivity contribution in [2.75, 3.05) is 5.73 Å². The summed E-state index contributed by atoms with van der Waals surface area (Å²) in [7, 11) is 0. The van der Waals surface area contributed by atoms with E-state index in [0.29, 0.717) is 21.8 Å². The third-order valence-corrected chi connectivity index (χ3v) is 9.07. The quantitative estimate of drug-likeness (QED) is 0.105. The number of aromatic amines is 2. The Morgan fingerprint density at radius 1 is 1.06 bits per heavy atom. The molecule has 14 heteroatoms. The second-order valence-corrected chi connectivity index (χ2v) is 12.2. The molecule has 5 aromatic heterocycles. The van der Waals surface area contributed by atoms with Crippen LogP contribution in [-0.4, -0.2) is 47.0 Å². The molecular weight excluding hydrogens is 664 g/mol. The lowest BCUT2D eigenvalue weighted by atomic mass is 10.0. The number of aromatic carboxylic acids is 1. The van der Waals surface area contributed by atoms with E-state index in [1.807, 2.05) is 60.7 Å². The summed E-state index contributed by atoms with van der Waals surface area (Å²) in [6.45, 7) is -0.391. The number of nitrogens with one attached hydrogen (secondary N) is 2. The number of fused-ring (bicyclic) bond motifs is 5.